The van der Waals surface area contributed by atoms with Gasteiger partial charge in [0, 0.05) is 17.8 Å². The molecule has 2 aromatic rings. The van der Waals surface area contributed by atoms with Gasteiger partial charge in [0.15, 0.2) is 17.3 Å². The number of hydrogen-bond acceptors (Lipinski definition) is 7. The summed E-state index contributed by atoms with van der Waals surface area (Å²) in [5.74, 6) is 1.84. The third-order valence-corrected chi connectivity index (χ3v) is 3.18. The molecule has 0 radical (unpaired) electrons. The molecule has 0 atom stereocenters. The molecule has 1 aromatic heterocycles. The number of aromatic nitrogens is 1. The van der Waals surface area contributed by atoms with Crippen LogP contribution in [0.2, 0.25) is 0 Å². The number of benzene rings is 1. The SMILES string of the molecule is COc1cc(NC2=CC(Cl)=NN(Cl)N2)ccc1-c1cnco1. The van der Waals surface area contributed by atoms with Crippen molar-refractivity contribution in [3.8, 4) is 17.1 Å². The molecular weight excluding hydrogens is 329 g/mol. The molecule has 1 aromatic carbocycles. The third-order valence-electron chi connectivity index (χ3n) is 2.84. The van der Waals surface area contributed by atoms with Gasteiger partial charge in [-0.3, -0.25) is 5.43 Å². The largest absolute Gasteiger partial charge is 0.496 e. The number of hydrazine groups is 1. The number of nitrogens with zero attached hydrogens (tertiary/aromatic N) is 3. The summed E-state index contributed by atoms with van der Waals surface area (Å²) in [7, 11) is 1.58. The first kappa shape index (κ1) is 14.6. The van der Waals surface area contributed by atoms with Gasteiger partial charge in [-0.2, -0.15) is 0 Å². The average molecular weight is 340 g/mol. The zero-order valence-corrected chi connectivity index (χ0v) is 12.9. The molecule has 3 rings (SSSR count). The van der Waals surface area contributed by atoms with Gasteiger partial charge in [0.25, 0.3) is 0 Å². The van der Waals surface area contributed by atoms with Gasteiger partial charge in [-0.05, 0) is 12.1 Å². The van der Waals surface area contributed by atoms with E-state index in [9.17, 15) is 0 Å². The summed E-state index contributed by atoms with van der Waals surface area (Å²) in [6.07, 6.45) is 4.60. The number of hydrogen-bond donors (Lipinski definition) is 2. The quantitative estimate of drug-likeness (QED) is 0.833. The van der Waals surface area contributed by atoms with Crippen LogP contribution >= 0.6 is 23.4 Å². The Morgan fingerprint density at radius 3 is 2.95 bits per heavy atom. The van der Waals surface area contributed by atoms with E-state index in [-0.39, 0.29) is 5.17 Å². The van der Waals surface area contributed by atoms with Gasteiger partial charge >= 0.3 is 0 Å². The summed E-state index contributed by atoms with van der Waals surface area (Å²) in [6, 6.07) is 5.54. The van der Waals surface area contributed by atoms with Gasteiger partial charge in [-0.1, -0.05) is 11.6 Å². The second-order valence-corrected chi connectivity index (χ2v) is 4.97. The molecule has 0 spiro atoms. The van der Waals surface area contributed by atoms with Crippen LogP contribution in [0.3, 0.4) is 0 Å². The monoisotopic (exact) mass is 339 g/mol. The molecule has 22 heavy (non-hydrogen) atoms. The second kappa shape index (κ2) is 6.17. The van der Waals surface area contributed by atoms with E-state index in [4.69, 9.17) is 32.5 Å². The van der Waals surface area contributed by atoms with Crippen molar-refractivity contribution in [1.29, 1.82) is 0 Å². The Morgan fingerprint density at radius 2 is 2.27 bits per heavy atom. The number of halogens is 2. The molecule has 0 unspecified atom stereocenters. The predicted octanol–water partition coefficient (Wildman–Crippen LogP) is 3.13. The van der Waals surface area contributed by atoms with Gasteiger partial charge in [0.05, 0.1) is 30.6 Å². The normalized spacial score (nSPS) is 14.0. The molecule has 9 heteroatoms. The standard InChI is InChI=1S/C13H11Cl2N5O2/c1-21-10-4-8(2-3-9(10)11-6-16-7-22-11)17-13-5-12(14)18-20(15)19-13/h2-7,17,19H,1H3. The summed E-state index contributed by atoms with van der Waals surface area (Å²) in [4.78, 5) is 3.90. The summed E-state index contributed by atoms with van der Waals surface area (Å²) in [5, 5.41) is 7.14. The fraction of sp³-hybridized carbons (Fsp3) is 0.0769. The molecule has 7 nitrogen and oxygen atoms in total. The maximum Gasteiger partial charge on any atom is 0.181 e. The fourth-order valence-corrected chi connectivity index (χ4v) is 2.33. The molecule has 114 valence electrons. The van der Waals surface area contributed by atoms with Crippen molar-refractivity contribution < 1.29 is 9.15 Å². The zero-order valence-electron chi connectivity index (χ0n) is 11.4. The first-order chi connectivity index (χ1) is 10.7. The molecule has 0 fully saturated rings. The summed E-state index contributed by atoms with van der Waals surface area (Å²) < 4.78 is 11.7. The highest BCUT2D eigenvalue weighted by Crippen LogP contribution is 2.32. The highest BCUT2D eigenvalue weighted by Gasteiger charge is 2.13. The van der Waals surface area contributed by atoms with E-state index >= 15 is 0 Å². The van der Waals surface area contributed by atoms with Crippen LogP contribution < -0.4 is 15.5 Å². The van der Waals surface area contributed by atoms with E-state index in [1.165, 1.54) is 6.39 Å². The number of rotatable bonds is 4. The van der Waals surface area contributed by atoms with Gasteiger partial charge < -0.3 is 14.5 Å². The average Bonchev–Trinajstić information content (AvgIpc) is 3.00. The van der Waals surface area contributed by atoms with E-state index in [0.717, 1.165) is 15.9 Å². The van der Waals surface area contributed by atoms with E-state index < -0.39 is 0 Å². The van der Waals surface area contributed by atoms with Crippen LogP contribution in [-0.4, -0.2) is 21.9 Å². The Balaban J connectivity index is 1.86. The third kappa shape index (κ3) is 3.10. The van der Waals surface area contributed by atoms with Gasteiger partial charge in [0.1, 0.15) is 11.6 Å². The van der Waals surface area contributed by atoms with E-state index in [0.29, 0.717) is 17.3 Å². The minimum atomic E-state index is 0.251. The topological polar surface area (TPSA) is 74.9 Å². The fourth-order valence-electron chi connectivity index (χ4n) is 1.93. The molecule has 0 saturated carbocycles. The minimum Gasteiger partial charge on any atom is -0.496 e. The van der Waals surface area contributed by atoms with Gasteiger partial charge in [-0.15, -0.1) is 9.74 Å². The maximum absolute atomic E-state index is 5.85. The van der Waals surface area contributed by atoms with Crippen molar-refractivity contribution in [2.45, 2.75) is 0 Å². The molecule has 0 saturated heterocycles. The highest BCUT2D eigenvalue weighted by molar-refractivity contribution is 6.68. The Morgan fingerprint density at radius 1 is 1.41 bits per heavy atom. The van der Waals surface area contributed by atoms with Crippen molar-refractivity contribution >= 4 is 34.2 Å². The molecule has 0 aliphatic carbocycles. The molecule has 0 bridgehead atoms. The minimum absolute atomic E-state index is 0.251. The maximum atomic E-state index is 5.85. The Labute approximate surface area is 136 Å². The van der Waals surface area contributed by atoms with Gasteiger partial charge in [-0.25, -0.2) is 4.98 Å². The van der Waals surface area contributed by atoms with Crippen molar-refractivity contribution in [2.75, 3.05) is 12.4 Å². The molecular formula is C13H11Cl2N5O2. The van der Waals surface area contributed by atoms with Crippen LogP contribution in [0, 0.1) is 0 Å². The lowest BCUT2D eigenvalue weighted by molar-refractivity contribution is 0.396. The number of anilines is 1. The Kier molecular flexibility index (Phi) is 4.08. The Bertz CT molecular complexity index is 730. The van der Waals surface area contributed by atoms with Crippen molar-refractivity contribution in [1.82, 2.24) is 15.0 Å². The molecule has 2 N–H and O–H groups in total. The van der Waals surface area contributed by atoms with Crippen LogP contribution in [0.4, 0.5) is 5.69 Å². The number of oxazole rings is 1. The van der Waals surface area contributed by atoms with Crippen LogP contribution in [0.15, 0.2) is 52.2 Å². The predicted molar refractivity (Wildman–Crippen MR) is 84.3 cm³/mol. The smallest absolute Gasteiger partial charge is 0.181 e. The zero-order chi connectivity index (χ0) is 15.5. The molecule has 1 aliphatic rings. The first-order valence-electron chi connectivity index (χ1n) is 6.18. The lowest BCUT2D eigenvalue weighted by atomic mass is 10.1. The lowest BCUT2D eigenvalue weighted by Gasteiger charge is -2.20. The molecule has 0 amide bonds. The van der Waals surface area contributed by atoms with Crippen LogP contribution in [0.5, 0.6) is 5.75 Å². The summed E-state index contributed by atoms with van der Waals surface area (Å²) in [5.41, 5.74) is 4.36. The number of hydrazone groups is 1. The highest BCUT2D eigenvalue weighted by atomic mass is 35.5. The van der Waals surface area contributed by atoms with Crippen LogP contribution in [0.1, 0.15) is 0 Å². The van der Waals surface area contributed by atoms with E-state index in [1.807, 2.05) is 18.2 Å². The van der Waals surface area contributed by atoms with Gasteiger partial charge in [0.2, 0.25) is 0 Å². The molecule has 2 heterocycles. The lowest BCUT2D eigenvalue weighted by Crippen LogP contribution is -2.32. The van der Waals surface area contributed by atoms with Crippen molar-refractivity contribution in [2.24, 2.45) is 5.10 Å². The number of methoxy groups -OCH3 is 1. The van der Waals surface area contributed by atoms with Crippen molar-refractivity contribution in [3.05, 3.63) is 42.7 Å². The second-order valence-electron chi connectivity index (χ2n) is 4.26. The van der Waals surface area contributed by atoms with E-state index in [2.05, 4.69) is 20.8 Å². The number of nitrogens with one attached hydrogen (secondary N) is 2. The van der Waals surface area contributed by atoms with Crippen LogP contribution in [-0.2, 0) is 0 Å². The Hall–Kier alpha value is -2.38. The summed E-state index contributed by atoms with van der Waals surface area (Å²) in [6.45, 7) is 0. The summed E-state index contributed by atoms with van der Waals surface area (Å²) >= 11 is 11.6. The van der Waals surface area contributed by atoms with Crippen molar-refractivity contribution in [3.63, 3.8) is 0 Å². The van der Waals surface area contributed by atoms with Crippen LogP contribution in [0.25, 0.3) is 11.3 Å². The first-order valence-corrected chi connectivity index (χ1v) is 6.89. The number of allylic oxidation sites excluding steroid dienone is 1. The number of ether oxygens (including phenoxy) is 1. The van der Waals surface area contributed by atoms with E-state index in [1.54, 1.807) is 19.4 Å². The molecule has 1 aliphatic heterocycles.